The Bertz CT molecular complexity index is 461. The fourth-order valence-corrected chi connectivity index (χ4v) is 3.87. The van der Waals surface area contributed by atoms with Crippen molar-refractivity contribution in [2.75, 3.05) is 23.3 Å². The summed E-state index contributed by atoms with van der Waals surface area (Å²) >= 11 is 0. The van der Waals surface area contributed by atoms with Crippen LogP contribution in [0.5, 0.6) is 0 Å². The Morgan fingerprint density at radius 1 is 1.19 bits per heavy atom. The number of benzene rings is 1. The average molecular weight is 286 g/mol. The van der Waals surface area contributed by atoms with Gasteiger partial charge in [0, 0.05) is 30.5 Å². The van der Waals surface area contributed by atoms with Crippen LogP contribution in [0.2, 0.25) is 0 Å². The van der Waals surface area contributed by atoms with Crippen LogP contribution in [-0.2, 0) is 6.42 Å². The van der Waals surface area contributed by atoms with E-state index in [9.17, 15) is 0 Å². The quantitative estimate of drug-likeness (QED) is 0.833. The van der Waals surface area contributed by atoms with Crippen molar-refractivity contribution in [1.82, 2.24) is 0 Å². The molecule has 2 nitrogen and oxygen atoms in total. The van der Waals surface area contributed by atoms with Crippen LogP contribution < -0.4 is 10.2 Å². The van der Waals surface area contributed by atoms with Crippen molar-refractivity contribution in [3.63, 3.8) is 0 Å². The van der Waals surface area contributed by atoms with E-state index in [-0.39, 0.29) is 0 Å². The minimum Gasteiger partial charge on any atom is -0.385 e. The summed E-state index contributed by atoms with van der Waals surface area (Å²) in [7, 11) is 0. The van der Waals surface area contributed by atoms with Gasteiger partial charge < -0.3 is 10.2 Å². The van der Waals surface area contributed by atoms with E-state index in [4.69, 9.17) is 0 Å². The molecule has 0 saturated heterocycles. The van der Waals surface area contributed by atoms with Gasteiger partial charge >= 0.3 is 0 Å². The highest BCUT2D eigenvalue weighted by molar-refractivity contribution is 5.68. The summed E-state index contributed by atoms with van der Waals surface area (Å²) in [6.45, 7) is 7.04. The number of nitrogens with zero attached hydrogens (tertiary/aromatic N) is 1. The van der Waals surface area contributed by atoms with Crippen LogP contribution in [0.15, 0.2) is 18.2 Å². The maximum Gasteiger partial charge on any atom is 0.0422 e. The Kier molecular flexibility index (Phi) is 4.72. The molecule has 0 bridgehead atoms. The first-order chi connectivity index (χ1) is 10.3. The van der Waals surface area contributed by atoms with Crippen LogP contribution in [0.1, 0.15) is 57.9 Å². The highest BCUT2D eigenvalue weighted by Gasteiger charge is 2.25. The highest BCUT2D eigenvalue weighted by Crippen LogP contribution is 2.36. The van der Waals surface area contributed by atoms with Crippen LogP contribution >= 0.6 is 0 Å². The molecule has 1 saturated carbocycles. The smallest absolute Gasteiger partial charge is 0.0422 e. The van der Waals surface area contributed by atoms with E-state index in [2.05, 4.69) is 42.3 Å². The second-order valence-electron chi connectivity index (χ2n) is 7.15. The fourth-order valence-electron chi connectivity index (χ4n) is 3.87. The highest BCUT2D eigenvalue weighted by atomic mass is 15.2. The molecule has 1 N–H and O–H groups in total. The topological polar surface area (TPSA) is 15.3 Å². The summed E-state index contributed by atoms with van der Waals surface area (Å²) in [5.74, 6) is 0.784. The van der Waals surface area contributed by atoms with Gasteiger partial charge in [-0.25, -0.2) is 0 Å². The van der Waals surface area contributed by atoms with E-state index in [0.717, 1.165) is 18.5 Å². The van der Waals surface area contributed by atoms with Gasteiger partial charge in [-0.2, -0.15) is 0 Å². The van der Waals surface area contributed by atoms with Gasteiger partial charge in [-0.05, 0) is 55.7 Å². The molecule has 1 aliphatic carbocycles. The summed E-state index contributed by atoms with van der Waals surface area (Å²) in [5, 5.41) is 3.59. The number of nitrogens with one attached hydrogen (secondary N) is 1. The SMILES string of the molecule is CC(C)CCN(c1cccc2c1CCCN2)C1CCCC1. The van der Waals surface area contributed by atoms with Gasteiger partial charge in [0.1, 0.15) is 0 Å². The molecule has 1 aliphatic heterocycles. The molecular weight excluding hydrogens is 256 g/mol. The van der Waals surface area contributed by atoms with Gasteiger partial charge in [-0.15, -0.1) is 0 Å². The van der Waals surface area contributed by atoms with Crippen LogP contribution in [0.3, 0.4) is 0 Å². The molecule has 21 heavy (non-hydrogen) atoms. The number of rotatable bonds is 5. The summed E-state index contributed by atoms with van der Waals surface area (Å²) in [5.41, 5.74) is 4.47. The maximum atomic E-state index is 3.59. The Labute approximate surface area is 129 Å². The van der Waals surface area contributed by atoms with Gasteiger partial charge in [-0.1, -0.05) is 32.8 Å². The van der Waals surface area contributed by atoms with Crippen LogP contribution in [0, 0.1) is 5.92 Å². The van der Waals surface area contributed by atoms with Gasteiger partial charge in [0.05, 0.1) is 0 Å². The molecule has 1 heterocycles. The zero-order valence-electron chi connectivity index (χ0n) is 13.7. The third kappa shape index (κ3) is 3.36. The molecule has 0 spiro atoms. The van der Waals surface area contributed by atoms with E-state index in [1.54, 1.807) is 5.56 Å². The second kappa shape index (κ2) is 6.72. The molecule has 3 rings (SSSR count). The van der Waals surface area contributed by atoms with Crippen molar-refractivity contribution in [1.29, 1.82) is 0 Å². The Morgan fingerprint density at radius 3 is 2.76 bits per heavy atom. The van der Waals surface area contributed by atoms with Crippen molar-refractivity contribution < 1.29 is 0 Å². The molecule has 0 radical (unpaired) electrons. The first kappa shape index (κ1) is 14.7. The normalized spacial score (nSPS) is 18.6. The summed E-state index contributed by atoms with van der Waals surface area (Å²) < 4.78 is 0. The second-order valence-corrected chi connectivity index (χ2v) is 7.15. The zero-order chi connectivity index (χ0) is 14.7. The summed E-state index contributed by atoms with van der Waals surface area (Å²) in [6, 6.07) is 7.64. The van der Waals surface area contributed by atoms with Gasteiger partial charge in [0.25, 0.3) is 0 Å². The molecule has 1 fully saturated rings. The molecule has 0 atom stereocenters. The van der Waals surface area contributed by atoms with Crippen molar-refractivity contribution >= 4 is 11.4 Å². The predicted octanol–water partition coefficient (Wildman–Crippen LogP) is 4.84. The van der Waals surface area contributed by atoms with Crippen LogP contribution in [0.25, 0.3) is 0 Å². The average Bonchev–Trinajstić information content (AvgIpc) is 3.01. The van der Waals surface area contributed by atoms with E-state index in [1.165, 1.54) is 62.9 Å². The maximum absolute atomic E-state index is 3.59. The molecule has 0 aromatic heterocycles. The lowest BCUT2D eigenvalue weighted by Gasteiger charge is -2.35. The van der Waals surface area contributed by atoms with Gasteiger partial charge in [0.15, 0.2) is 0 Å². The largest absolute Gasteiger partial charge is 0.385 e. The molecule has 2 aliphatic rings. The Morgan fingerprint density at radius 2 is 2.00 bits per heavy atom. The van der Waals surface area contributed by atoms with E-state index in [0.29, 0.717) is 0 Å². The molecule has 1 aromatic carbocycles. The van der Waals surface area contributed by atoms with Crippen molar-refractivity contribution in [2.45, 2.75) is 64.8 Å². The lowest BCUT2D eigenvalue weighted by atomic mass is 9.98. The van der Waals surface area contributed by atoms with Crippen molar-refractivity contribution in [2.24, 2.45) is 5.92 Å². The van der Waals surface area contributed by atoms with Crippen molar-refractivity contribution in [3.8, 4) is 0 Å². The molecular formula is C19H30N2. The first-order valence-electron chi connectivity index (χ1n) is 8.88. The fraction of sp³-hybridized carbons (Fsp3) is 0.684. The van der Waals surface area contributed by atoms with E-state index < -0.39 is 0 Å². The lowest BCUT2D eigenvalue weighted by molar-refractivity contribution is 0.527. The monoisotopic (exact) mass is 286 g/mol. The standard InChI is InChI=1S/C19H30N2/c1-15(2)12-14-21(16-7-3-4-8-16)19-11-5-10-18-17(19)9-6-13-20-18/h5,10-11,15-16,20H,3-4,6-9,12-14H2,1-2H3. The Balaban J connectivity index is 1.87. The third-order valence-corrected chi connectivity index (χ3v) is 5.09. The summed E-state index contributed by atoms with van der Waals surface area (Å²) in [6.07, 6.45) is 9.40. The summed E-state index contributed by atoms with van der Waals surface area (Å²) in [4.78, 5) is 2.75. The molecule has 0 amide bonds. The van der Waals surface area contributed by atoms with Gasteiger partial charge in [0.2, 0.25) is 0 Å². The first-order valence-corrected chi connectivity index (χ1v) is 8.88. The molecule has 116 valence electrons. The minimum atomic E-state index is 0.775. The van der Waals surface area contributed by atoms with E-state index >= 15 is 0 Å². The lowest BCUT2D eigenvalue weighted by Crippen LogP contribution is -2.36. The minimum absolute atomic E-state index is 0.775. The van der Waals surface area contributed by atoms with Crippen molar-refractivity contribution in [3.05, 3.63) is 23.8 Å². The third-order valence-electron chi connectivity index (χ3n) is 5.09. The predicted molar refractivity (Wildman–Crippen MR) is 92.3 cm³/mol. The molecule has 0 unspecified atom stereocenters. The van der Waals surface area contributed by atoms with Gasteiger partial charge in [-0.3, -0.25) is 0 Å². The number of anilines is 2. The Hall–Kier alpha value is -1.18. The van der Waals surface area contributed by atoms with Crippen LogP contribution in [0.4, 0.5) is 11.4 Å². The van der Waals surface area contributed by atoms with Crippen LogP contribution in [-0.4, -0.2) is 19.1 Å². The number of hydrogen-bond donors (Lipinski definition) is 1. The molecule has 2 heteroatoms. The number of hydrogen-bond acceptors (Lipinski definition) is 2. The number of fused-ring (bicyclic) bond motifs is 1. The van der Waals surface area contributed by atoms with E-state index in [1.807, 2.05) is 0 Å². The zero-order valence-corrected chi connectivity index (χ0v) is 13.7. The molecule has 1 aromatic rings.